The molecule has 0 fully saturated rings. The summed E-state index contributed by atoms with van der Waals surface area (Å²) in [6.07, 6.45) is 3.01. The summed E-state index contributed by atoms with van der Waals surface area (Å²) in [4.78, 5) is 5.09. The second-order valence-electron chi connectivity index (χ2n) is 8.28. The van der Waals surface area contributed by atoms with Gasteiger partial charge in [-0.15, -0.1) is 0 Å². The van der Waals surface area contributed by atoms with E-state index in [1.807, 2.05) is 0 Å². The molecule has 150 valence electrons. The number of hydrogen-bond donors (Lipinski definition) is 0. The maximum absolute atomic E-state index is 5.09. The number of benzene rings is 3. The summed E-state index contributed by atoms with van der Waals surface area (Å²) in [6, 6.07) is 30.2. The molecule has 0 aliphatic carbocycles. The van der Waals surface area contributed by atoms with Crippen LogP contribution in [0.3, 0.4) is 0 Å². The van der Waals surface area contributed by atoms with Crippen LogP contribution in [-0.2, 0) is 6.42 Å². The first-order valence-corrected chi connectivity index (χ1v) is 10.7. The van der Waals surface area contributed by atoms with Crippen LogP contribution in [0.4, 0.5) is 0 Å². The molecule has 0 aliphatic rings. The van der Waals surface area contributed by atoms with Crippen molar-refractivity contribution in [2.75, 3.05) is 0 Å². The van der Waals surface area contributed by atoms with E-state index in [1.165, 1.54) is 33.6 Å². The molecule has 0 saturated carbocycles. The Labute approximate surface area is 181 Å². The number of imidazole rings is 1. The molecular weight excluding hydrogens is 378 g/mol. The lowest BCUT2D eigenvalue weighted by Gasteiger charge is -2.17. The first-order valence-electron chi connectivity index (χ1n) is 10.7. The van der Waals surface area contributed by atoms with Gasteiger partial charge in [-0.3, -0.25) is 4.40 Å². The van der Waals surface area contributed by atoms with Gasteiger partial charge in [0.25, 0.3) is 0 Å². The van der Waals surface area contributed by atoms with Crippen LogP contribution in [0.15, 0.2) is 91.1 Å². The third-order valence-corrected chi connectivity index (χ3v) is 6.30. The van der Waals surface area contributed by atoms with Gasteiger partial charge in [0.2, 0.25) is 0 Å². The van der Waals surface area contributed by atoms with Gasteiger partial charge in [-0.2, -0.15) is 0 Å². The number of aromatic nitrogens is 3. The van der Waals surface area contributed by atoms with Crippen molar-refractivity contribution in [3.8, 4) is 11.3 Å². The highest BCUT2D eigenvalue weighted by atomic mass is 15.1. The summed E-state index contributed by atoms with van der Waals surface area (Å²) >= 11 is 0. The van der Waals surface area contributed by atoms with Gasteiger partial charge in [0.1, 0.15) is 0 Å². The van der Waals surface area contributed by atoms with Gasteiger partial charge in [0.15, 0.2) is 5.65 Å². The van der Waals surface area contributed by atoms with E-state index in [4.69, 9.17) is 4.98 Å². The molecule has 0 spiro atoms. The van der Waals surface area contributed by atoms with Crippen molar-refractivity contribution >= 4 is 22.2 Å². The Hall–Kier alpha value is -3.85. The molecule has 31 heavy (non-hydrogen) atoms. The lowest BCUT2D eigenvalue weighted by Crippen LogP contribution is -2.07. The first kappa shape index (κ1) is 18.0. The molecule has 0 saturated heterocycles. The average Bonchev–Trinajstić information content (AvgIpc) is 3.41. The lowest BCUT2D eigenvalue weighted by atomic mass is 10.0. The summed E-state index contributed by atoms with van der Waals surface area (Å²) in [6.45, 7) is 4.33. The van der Waals surface area contributed by atoms with Gasteiger partial charge in [-0.05, 0) is 54.8 Å². The zero-order valence-electron chi connectivity index (χ0n) is 17.7. The first-order chi connectivity index (χ1) is 15.2. The van der Waals surface area contributed by atoms with Crippen molar-refractivity contribution in [1.29, 1.82) is 0 Å². The van der Waals surface area contributed by atoms with Gasteiger partial charge in [-0.1, -0.05) is 60.7 Å². The zero-order valence-corrected chi connectivity index (χ0v) is 17.7. The summed E-state index contributed by atoms with van der Waals surface area (Å²) in [5, 5.41) is 0. The van der Waals surface area contributed by atoms with Crippen molar-refractivity contribution in [1.82, 2.24) is 13.8 Å². The van der Waals surface area contributed by atoms with Gasteiger partial charge < -0.3 is 4.40 Å². The minimum Gasteiger partial charge on any atom is -0.315 e. The van der Waals surface area contributed by atoms with Gasteiger partial charge in [0.05, 0.1) is 27.9 Å². The van der Waals surface area contributed by atoms with E-state index in [0.717, 1.165) is 28.6 Å². The Kier molecular flexibility index (Phi) is 3.97. The third-order valence-electron chi connectivity index (χ3n) is 6.30. The molecule has 0 amide bonds. The van der Waals surface area contributed by atoms with Crippen LogP contribution >= 0.6 is 0 Å². The Morgan fingerprint density at radius 2 is 1.45 bits per heavy atom. The standard InChI is InChI=1S/C28H23N3/c1-19-16-23-25(17-20(19)2)31-27(22-12-7-4-8-13-22)26(18-21-10-5-3-6-11-21)30-15-9-14-24(30)28(31)29-23/h3-17H,18H2,1-2H3. The second kappa shape index (κ2) is 6.85. The fourth-order valence-corrected chi connectivity index (χ4v) is 4.62. The van der Waals surface area contributed by atoms with Crippen molar-refractivity contribution < 1.29 is 0 Å². The molecule has 0 N–H and O–H groups in total. The maximum atomic E-state index is 5.09. The largest absolute Gasteiger partial charge is 0.315 e. The van der Waals surface area contributed by atoms with Crippen LogP contribution in [0.5, 0.6) is 0 Å². The number of aryl methyl sites for hydroxylation is 2. The van der Waals surface area contributed by atoms with E-state index in [0.29, 0.717) is 0 Å². The SMILES string of the molecule is Cc1cc2nc3c4cccn4c(Cc4ccccc4)c(-c4ccccc4)n3c2cc1C. The monoisotopic (exact) mass is 401 g/mol. The summed E-state index contributed by atoms with van der Waals surface area (Å²) in [5.41, 5.74) is 11.9. The molecule has 0 radical (unpaired) electrons. The molecule has 0 bridgehead atoms. The van der Waals surface area contributed by atoms with Crippen molar-refractivity contribution in [2.24, 2.45) is 0 Å². The summed E-state index contributed by atoms with van der Waals surface area (Å²) < 4.78 is 4.68. The average molecular weight is 402 g/mol. The normalized spacial score (nSPS) is 11.7. The van der Waals surface area contributed by atoms with E-state index in [9.17, 15) is 0 Å². The molecular formula is C28H23N3. The predicted molar refractivity (Wildman–Crippen MR) is 128 cm³/mol. The molecule has 3 nitrogen and oxygen atoms in total. The predicted octanol–water partition coefficient (Wildman–Crippen LogP) is 6.61. The molecule has 6 rings (SSSR count). The van der Waals surface area contributed by atoms with Crippen LogP contribution in [0, 0.1) is 13.8 Å². The van der Waals surface area contributed by atoms with Gasteiger partial charge in [0, 0.05) is 18.2 Å². The summed E-state index contributed by atoms with van der Waals surface area (Å²) in [5.74, 6) is 0. The summed E-state index contributed by atoms with van der Waals surface area (Å²) in [7, 11) is 0. The van der Waals surface area contributed by atoms with E-state index >= 15 is 0 Å². The molecule has 0 unspecified atom stereocenters. The zero-order chi connectivity index (χ0) is 20.9. The van der Waals surface area contributed by atoms with Crippen LogP contribution in [-0.4, -0.2) is 13.8 Å². The molecule has 3 aromatic carbocycles. The number of fused-ring (bicyclic) bond motifs is 5. The van der Waals surface area contributed by atoms with E-state index < -0.39 is 0 Å². The van der Waals surface area contributed by atoms with Crippen LogP contribution < -0.4 is 0 Å². The molecule has 3 heterocycles. The lowest BCUT2D eigenvalue weighted by molar-refractivity contribution is 0.981. The fraction of sp³-hybridized carbons (Fsp3) is 0.107. The van der Waals surface area contributed by atoms with Crippen molar-refractivity contribution in [3.05, 3.63) is 114 Å². The highest BCUT2D eigenvalue weighted by Crippen LogP contribution is 2.34. The Balaban J connectivity index is 1.81. The molecule has 3 aromatic heterocycles. The number of rotatable bonds is 3. The molecule has 3 heteroatoms. The number of hydrogen-bond acceptors (Lipinski definition) is 1. The minimum atomic E-state index is 0.844. The Morgan fingerprint density at radius 1 is 0.742 bits per heavy atom. The van der Waals surface area contributed by atoms with Crippen LogP contribution in [0.25, 0.3) is 33.5 Å². The quantitative estimate of drug-likeness (QED) is 0.327. The van der Waals surface area contributed by atoms with E-state index in [-0.39, 0.29) is 0 Å². The molecule has 0 aliphatic heterocycles. The van der Waals surface area contributed by atoms with Crippen molar-refractivity contribution in [2.45, 2.75) is 20.3 Å². The van der Waals surface area contributed by atoms with E-state index in [2.05, 4.69) is 114 Å². The Bertz CT molecular complexity index is 1550. The van der Waals surface area contributed by atoms with E-state index in [1.54, 1.807) is 0 Å². The topological polar surface area (TPSA) is 21.7 Å². The van der Waals surface area contributed by atoms with Crippen LogP contribution in [0.2, 0.25) is 0 Å². The molecule has 0 atom stereocenters. The van der Waals surface area contributed by atoms with Crippen molar-refractivity contribution in [3.63, 3.8) is 0 Å². The van der Waals surface area contributed by atoms with Gasteiger partial charge >= 0.3 is 0 Å². The number of nitrogens with zero attached hydrogens (tertiary/aromatic N) is 3. The smallest absolute Gasteiger partial charge is 0.162 e. The highest BCUT2D eigenvalue weighted by molar-refractivity contribution is 5.91. The maximum Gasteiger partial charge on any atom is 0.162 e. The fourth-order valence-electron chi connectivity index (χ4n) is 4.62. The van der Waals surface area contributed by atoms with Crippen LogP contribution in [0.1, 0.15) is 22.4 Å². The molecule has 6 aromatic rings. The van der Waals surface area contributed by atoms with Gasteiger partial charge in [-0.25, -0.2) is 4.98 Å². The second-order valence-corrected chi connectivity index (χ2v) is 8.28. The minimum absolute atomic E-state index is 0.844. The Morgan fingerprint density at radius 3 is 2.23 bits per heavy atom. The third kappa shape index (κ3) is 2.77. The highest BCUT2D eigenvalue weighted by Gasteiger charge is 2.20.